The third kappa shape index (κ3) is 3.64. The molecule has 0 aliphatic rings. The molecule has 16 heavy (non-hydrogen) atoms. The number of hydrogen-bond acceptors (Lipinski definition) is 1. The minimum absolute atomic E-state index is 0.213. The Morgan fingerprint density at radius 3 is 2.94 bits per heavy atom. The van der Waals surface area contributed by atoms with Crippen molar-refractivity contribution in [2.45, 2.75) is 13.3 Å². The Kier molecular flexibility index (Phi) is 4.96. The molecule has 0 aliphatic heterocycles. The first kappa shape index (κ1) is 12.7. The van der Waals surface area contributed by atoms with E-state index in [0.717, 1.165) is 4.48 Å². The van der Waals surface area contributed by atoms with E-state index in [9.17, 15) is 8.63 Å². The van der Waals surface area contributed by atoms with Gasteiger partial charge in [0.2, 0.25) is 0 Å². The van der Waals surface area contributed by atoms with Gasteiger partial charge in [-0.2, -0.15) is 0 Å². The summed E-state index contributed by atoms with van der Waals surface area (Å²) in [6, 6.07) is 3.37. The normalized spacial score (nSPS) is 13.8. The molecule has 0 bridgehead atoms. The number of nitrogens with zero attached hydrogens (tertiary/aromatic N) is 2. The Morgan fingerprint density at radius 1 is 1.56 bits per heavy atom. The molecule has 1 atom stereocenters. The van der Waals surface area contributed by atoms with Gasteiger partial charge in [-0.25, -0.2) is 0 Å². The van der Waals surface area contributed by atoms with E-state index in [-0.39, 0.29) is 5.92 Å². The second-order valence-electron chi connectivity index (χ2n) is 3.66. The second-order valence-corrected chi connectivity index (χ2v) is 3.66. The van der Waals surface area contributed by atoms with Crippen molar-refractivity contribution >= 4 is 13.6 Å². The standard InChI is InChI=1S/C11H15BF2N2/c1-10(5-3-7-15-2)9-11-6-4-8-16(11)12(13)14/h3-8,10H,9H2,1-2H3/b5-3-,15-7?. The molecule has 0 saturated heterocycles. The maximum absolute atomic E-state index is 12.5. The fourth-order valence-corrected chi connectivity index (χ4v) is 1.52. The first-order chi connectivity index (χ1) is 7.65. The minimum atomic E-state index is -2.46. The van der Waals surface area contributed by atoms with E-state index in [0.29, 0.717) is 12.1 Å². The van der Waals surface area contributed by atoms with Crippen LogP contribution in [0, 0.1) is 5.92 Å². The van der Waals surface area contributed by atoms with Crippen molar-refractivity contribution in [2.24, 2.45) is 10.9 Å². The highest BCUT2D eigenvalue weighted by molar-refractivity contribution is 6.40. The van der Waals surface area contributed by atoms with Gasteiger partial charge in [-0.1, -0.05) is 13.0 Å². The molecule has 0 N–H and O–H groups in total. The van der Waals surface area contributed by atoms with Gasteiger partial charge in [-0.05, 0) is 36.7 Å². The molecule has 1 rings (SSSR count). The highest BCUT2D eigenvalue weighted by atomic mass is 19.2. The molecular weight excluding hydrogens is 209 g/mol. The fourth-order valence-electron chi connectivity index (χ4n) is 1.52. The van der Waals surface area contributed by atoms with Crippen LogP contribution in [0.2, 0.25) is 0 Å². The predicted octanol–water partition coefficient (Wildman–Crippen LogP) is 2.70. The summed E-state index contributed by atoms with van der Waals surface area (Å²) in [5.41, 5.74) is 0.653. The third-order valence-corrected chi connectivity index (χ3v) is 2.28. The molecule has 86 valence electrons. The Bertz CT molecular complexity index is 372. The van der Waals surface area contributed by atoms with Crippen molar-refractivity contribution in [1.29, 1.82) is 0 Å². The molecule has 1 aromatic heterocycles. The van der Waals surface area contributed by atoms with Crippen LogP contribution in [0.1, 0.15) is 12.6 Å². The molecule has 0 radical (unpaired) electrons. The van der Waals surface area contributed by atoms with E-state index in [1.807, 2.05) is 19.1 Å². The number of aromatic nitrogens is 1. The van der Waals surface area contributed by atoms with Crippen LogP contribution in [-0.4, -0.2) is 25.1 Å². The van der Waals surface area contributed by atoms with E-state index in [1.54, 1.807) is 25.4 Å². The van der Waals surface area contributed by atoms with Crippen molar-refractivity contribution in [3.05, 3.63) is 36.2 Å². The lowest BCUT2D eigenvalue weighted by molar-refractivity contribution is 0.610. The molecule has 0 aromatic carbocycles. The molecule has 0 amide bonds. The largest absolute Gasteiger partial charge is 0.677 e. The van der Waals surface area contributed by atoms with Crippen molar-refractivity contribution in [2.75, 3.05) is 7.05 Å². The second kappa shape index (κ2) is 6.25. The fraction of sp³-hybridized carbons (Fsp3) is 0.364. The highest BCUT2D eigenvalue weighted by Crippen LogP contribution is 2.12. The van der Waals surface area contributed by atoms with E-state index >= 15 is 0 Å². The van der Waals surface area contributed by atoms with Gasteiger partial charge in [-0.15, -0.1) is 0 Å². The topological polar surface area (TPSA) is 17.3 Å². The lowest BCUT2D eigenvalue weighted by atomic mass is 10.0. The van der Waals surface area contributed by atoms with Crippen LogP contribution in [-0.2, 0) is 6.42 Å². The van der Waals surface area contributed by atoms with Crippen LogP contribution in [0.4, 0.5) is 8.63 Å². The van der Waals surface area contributed by atoms with E-state index in [4.69, 9.17) is 0 Å². The lowest BCUT2D eigenvalue weighted by Crippen LogP contribution is -2.16. The maximum Gasteiger partial charge on any atom is 0.677 e. The van der Waals surface area contributed by atoms with Crippen LogP contribution in [0.15, 0.2) is 35.5 Å². The zero-order valence-corrected chi connectivity index (χ0v) is 9.48. The zero-order chi connectivity index (χ0) is 12.0. The first-order valence-electron chi connectivity index (χ1n) is 5.18. The number of halogens is 2. The number of allylic oxidation sites excluding steroid dienone is 2. The van der Waals surface area contributed by atoms with Gasteiger partial charge >= 0.3 is 7.40 Å². The summed E-state index contributed by atoms with van der Waals surface area (Å²) in [6.45, 7) is 1.99. The monoisotopic (exact) mass is 224 g/mol. The van der Waals surface area contributed by atoms with Gasteiger partial charge in [-0.3, -0.25) is 13.6 Å². The molecule has 0 aliphatic carbocycles. The number of aliphatic imine (C=N–C) groups is 1. The Labute approximate surface area is 94.9 Å². The van der Waals surface area contributed by atoms with E-state index < -0.39 is 7.40 Å². The Hall–Kier alpha value is -1.39. The third-order valence-electron chi connectivity index (χ3n) is 2.28. The van der Waals surface area contributed by atoms with E-state index in [2.05, 4.69) is 4.99 Å². The highest BCUT2D eigenvalue weighted by Gasteiger charge is 2.19. The summed E-state index contributed by atoms with van der Waals surface area (Å²) in [7, 11) is -0.768. The minimum Gasteiger partial charge on any atom is -0.336 e. The van der Waals surface area contributed by atoms with Crippen LogP contribution >= 0.6 is 0 Å². The van der Waals surface area contributed by atoms with Crippen LogP contribution in [0.3, 0.4) is 0 Å². The van der Waals surface area contributed by atoms with Crippen molar-refractivity contribution in [3.63, 3.8) is 0 Å². The average Bonchev–Trinajstić information content (AvgIpc) is 2.66. The van der Waals surface area contributed by atoms with E-state index in [1.165, 1.54) is 6.20 Å². The Balaban J connectivity index is 2.62. The molecule has 1 unspecified atom stereocenters. The first-order valence-corrected chi connectivity index (χ1v) is 5.18. The summed E-state index contributed by atoms with van der Waals surface area (Å²) < 4.78 is 26.1. The summed E-state index contributed by atoms with van der Waals surface area (Å²) in [4.78, 5) is 3.81. The number of hydrogen-bond donors (Lipinski definition) is 0. The van der Waals surface area contributed by atoms with Gasteiger partial charge in [0.15, 0.2) is 0 Å². The van der Waals surface area contributed by atoms with Crippen molar-refractivity contribution < 1.29 is 8.63 Å². The molecule has 0 saturated carbocycles. The predicted molar refractivity (Wildman–Crippen MR) is 64.2 cm³/mol. The molecule has 1 aromatic rings. The van der Waals surface area contributed by atoms with Crippen LogP contribution in [0.25, 0.3) is 0 Å². The summed E-state index contributed by atoms with van der Waals surface area (Å²) in [5, 5.41) is 0. The van der Waals surface area contributed by atoms with Crippen LogP contribution in [0.5, 0.6) is 0 Å². The molecule has 0 spiro atoms. The summed E-state index contributed by atoms with van der Waals surface area (Å²) in [5.74, 6) is 0.213. The maximum atomic E-state index is 12.5. The molecule has 5 heteroatoms. The Morgan fingerprint density at radius 2 is 2.31 bits per heavy atom. The molecule has 0 fully saturated rings. The van der Waals surface area contributed by atoms with Crippen molar-refractivity contribution in [3.8, 4) is 0 Å². The number of rotatable bonds is 5. The molecule has 1 heterocycles. The summed E-state index contributed by atoms with van der Waals surface area (Å²) >= 11 is 0. The molecule has 2 nitrogen and oxygen atoms in total. The van der Waals surface area contributed by atoms with Gasteiger partial charge in [0.25, 0.3) is 0 Å². The van der Waals surface area contributed by atoms with Gasteiger partial charge < -0.3 is 4.48 Å². The van der Waals surface area contributed by atoms with Gasteiger partial charge in [0.1, 0.15) is 0 Å². The smallest absolute Gasteiger partial charge is 0.336 e. The SMILES string of the molecule is CN=C/C=C\C(C)Cc1cccn1B(F)F. The zero-order valence-electron chi connectivity index (χ0n) is 9.48. The average molecular weight is 224 g/mol. The summed E-state index contributed by atoms with van der Waals surface area (Å²) in [6.07, 6.45) is 7.48. The van der Waals surface area contributed by atoms with Gasteiger partial charge in [0, 0.05) is 19.0 Å². The van der Waals surface area contributed by atoms with Crippen molar-refractivity contribution in [1.82, 2.24) is 4.48 Å². The van der Waals surface area contributed by atoms with Crippen LogP contribution < -0.4 is 0 Å². The lowest BCUT2D eigenvalue weighted by Gasteiger charge is -2.08. The van der Waals surface area contributed by atoms with Gasteiger partial charge in [0.05, 0.1) is 0 Å². The quantitative estimate of drug-likeness (QED) is 0.540. The molecular formula is C11H15BF2N2.